The number of hydrogen-bond acceptors (Lipinski definition) is 6. The van der Waals surface area contributed by atoms with E-state index in [0.29, 0.717) is 16.3 Å². The van der Waals surface area contributed by atoms with Gasteiger partial charge >= 0.3 is 17.8 Å². The molecule has 17 heteroatoms. The number of aliphatic hydroxyl groups is 1. The lowest BCUT2D eigenvalue weighted by Gasteiger charge is -2.24. The van der Waals surface area contributed by atoms with E-state index in [1.165, 1.54) is 42.6 Å². The molecule has 4 aromatic heterocycles. The maximum atomic E-state index is 15.4. The first kappa shape index (κ1) is 34.5. The zero-order valence-corrected chi connectivity index (χ0v) is 26.9. The van der Waals surface area contributed by atoms with Crippen LogP contribution in [0.5, 0.6) is 0 Å². The Morgan fingerprint density at radius 3 is 2.50 bits per heavy atom. The lowest BCUT2D eigenvalue weighted by Crippen LogP contribution is -2.36. The predicted molar refractivity (Wildman–Crippen MR) is 168 cm³/mol. The second-order valence-electron chi connectivity index (χ2n) is 12.8. The van der Waals surface area contributed by atoms with Gasteiger partial charge in [0.2, 0.25) is 5.91 Å². The summed E-state index contributed by atoms with van der Waals surface area (Å²) in [6.45, 7) is 1.74. The van der Waals surface area contributed by atoms with Gasteiger partial charge in [0.25, 0.3) is 0 Å². The van der Waals surface area contributed by atoms with E-state index in [2.05, 4.69) is 49.3 Å². The third-order valence-electron chi connectivity index (χ3n) is 8.47. The quantitative estimate of drug-likeness (QED) is 0.166. The molecule has 0 radical (unpaired) electrons. The first-order chi connectivity index (χ1) is 24.4. The van der Waals surface area contributed by atoms with Gasteiger partial charge in [-0.2, -0.15) is 32.1 Å². The van der Waals surface area contributed by atoms with E-state index in [0.717, 1.165) is 12.1 Å². The van der Waals surface area contributed by atoms with Crippen molar-refractivity contribution in [2.75, 3.05) is 0 Å². The van der Waals surface area contributed by atoms with Crippen molar-refractivity contribution < 1.29 is 40.6 Å². The van der Waals surface area contributed by atoms with Crippen LogP contribution in [-0.2, 0) is 29.9 Å². The van der Waals surface area contributed by atoms with Gasteiger partial charge in [0.05, 0.1) is 17.7 Å². The number of rotatable bonds is 7. The number of halogens is 7. The molecule has 3 N–H and O–H groups in total. The van der Waals surface area contributed by atoms with E-state index in [1.54, 1.807) is 6.07 Å². The molecule has 1 aromatic carbocycles. The van der Waals surface area contributed by atoms with Crippen molar-refractivity contribution in [3.63, 3.8) is 0 Å². The Kier molecular flexibility index (Phi) is 8.02. The summed E-state index contributed by atoms with van der Waals surface area (Å²) >= 11 is 0. The number of nitrogens with zero attached hydrogens (tertiary/aromatic N) is 5. The minimum absolute atomic E-state index is 0.00917. The second kappa shape index (κ2) is 12.1. The highest BCUT2D eigenvalue weighted by Crippen LogP contribution is 2.58. The van der Waals surface area contributed by atoms with Gasteiger partial charge in [0, 0.05) is 29.0 Å². The molecule has 2 aliphatic carbocycles. The molecule has 7 rings (SSSR count). The summed E-state index contributed by atoms with van der Waals surface area (Å²) in [6, 6.07) is 7.34. The topological polar surface area (TPSA) is 130 Å². The molecule has 3 atom stereocenters. The summed E-state index contributed by atoms with van der Waals surface area (Å²) in [5.41, 5.74) is -4.51. The van der Waals surface area contributed by atoms with E-state index in [-0.39, 0.29) is 34.6 Å². The van der Waals surface area contributed by atoms with Crippen LogP contribution in [0.1, 0.15) is 59.7 Å². The van der Waals surface area contributed by atoms with E-state index >= 15 is 8.78 Å². The lowest BCUT2D eigenvalue weighted by atomic mass is 9.84. The molecule has 0 saturated heterocycles. The number of carbonyl (C=O) groups excluding carboxylic acids is 1. The SMILES string of the molecule is CC(C)(O)C#Cc1ccc(-c2ccc3n[nH]c(=O)n3c2)c([C@H](Cc2cc(F)cc(F)c2)NC(=O)Cn2nc(C(F)(F)F)c3c2C(F)(F)[C@@H]2C#C[C@H]32)n1. The number of hydrogen-bond donors (Lipinski definition) is 3. The number of alkyl halides is 5. The number of fused-ring (bicyclic) bond motifs is 4. The third kappa shape index (κ3) is 6.28. The number of carbonyl (C=O) groups is 1. The van der Waals surface area contributed by atoms with Crippen molar-refractivity contribution in [3.05, 3.63) is 105 Å². The Hall–Kier alpha value is -5.94. The molecule has 0 saturated carbocycles. The summed E-state index contributed by atoms with van der Waals surface area (Å²) in [4.78, 5) is 30.7. The molecular formula is C35H24F7N7O3. The number of benzene rings is 1. The zero-order valence-electron chi connectivity index (χ0n) is 26.9. The van der Waals surface area contributed by atoms with E-state index in [4.69, 9.17) is 0 Å². The highest BCUT2D eigenvalue weighted by Gasteiger charge is 2.62. The Labute approximate surface area is 288 Å². The molecule has 0 unspecified atom stereocenters. The molecule has 2 aliphatic rings. The molecule has 0 spiro atoms. The fraction of sp³-hybridized carbons (Fsp3) is 0.286. The lowest BCUT2D eigenvalue weighted by molar-refractivity contribution is -0.142. The van der Waals surface area contributed by atoms with Crippen LogP contribution >= 0.6 is 0 Å². The maximum Gasteiger partial charge on any atom is 0.435 e. The van der Waals surface area contributed by atoms with Crippen molar-refractivity contribution in [2.24, 2.45) is 5.92 Å². The largest absolute Gasteiger partial charge is 0.435 e. The smallest absolute Gasteiger partial charge is 0.378 e. The van der Waals surface area contributed by atoms with Gasteiger partial charge in [-0.15, -0.1) is 0 Å². The predicted octanol–water partition coefficient (Wildman–Crippen LogP) is 4.62. The first-order valence-electron chi connectivity index (χ1n) is 15.5. The molecule has 4 heterocycles. The fourth-order valence-electron chi connectivity index (χ4n) is 6.27. The summed E-state index contributed by atoms with van der Waals surface area (Å²) < 4.78 is 103. The maximum absolute atomic E-state index is 15.4. The molecule has 0 aliphatic heterocycles. The fourth-order valence-corrected chi connectivity index (χ4v) is 6.27. The summed E-state index contributed by atoms with van der Waals surface area (Å²) in [5.74, 6) is -0.0942. The van der Waals surface area contributed by atoms with Gasteiger partial charge in [0.1, 0.15) is 41.1 Å². The first-order valence-corrected chi connectivity index (χ1v) is 15.5. The van der Waals surface area contributed by atoms with E-state index in [1.807, 2.05) is 0 Å². The van der Waals surface area contributed by atoms with Gasteiger partial charge in [-0.3, -0.25) is 9.48 Å². The summed E-state index contributed by atoms with van der Waals surface area (Å²) in [6.07, 6.45) is -4.08. The number of aromatic nitrogens is 6. The molecule has 5 aromatic rings. The van der Waals surface area contributed by atoms with Crippen LogP contribution in [0.15, 0.2) is 53.5 Å². The van der Waals surface area contributed by atoms with E-state index in [9.17, 15) is 36.6 Å². The number of H-pyrrole nitrogens is 1. The van der Waals surface area contributed by atoms with Gasteiger partial charge in [-0.25, -0.2) is 28.1 Å². The standard InChI is InChI=1S/C35H24F7N7O3/c1-33(2,52)10-9-21-4-5-22(18-3-8-26-45-46-32(51)48(26)15-18)29(43-21)25(13-17-11-19(36)14-20(37)12-17)44-27(50)16-49-31-28(30(47-49)35(40,41)42)23-6-7-24(23)34(31,38)39/h3-5,8,11-12,14-15,23-25,52H,13,16H2,1-2H3,(H,44,50)(H,46,51)/t23-,24+,25-/m0/s1. The van der Waals surface area contributed by atoms with Crippen LogP contribution in [0, 0.1) is 41.2 Å². The van der Waals surface area contributed by atoms with Crippen molar-refractivity contribution in [1.29, 1.82) is 0 Å². The van der Waals surface area contributed by atoms with Crippen LogP contribution in [-0.4, -0.2) is 46.0 Å². The van der Waals surface area contributed by atoms with Crippen molar-refractivity contribution in [3.8, 4) is 34.8 Å². The summed E-state index contributed by atoms with van der Waals surface area (Å²) in [5, 5.41) is 22.3. The zero-order chi connectivity index (χ0) is 37.3. The van der Waals surface area contributed by atoms with Gasteiger partial charge in [-0.05, 0) is 68.2 Å². The van der Waals surface area contributed by atoms with Gasteiger partial charge < -0.3 is 10.4 Å². The van der Waals surface area contributed by atoms with Crippen molar-refractivity contribution in [2.45, 2.75) is 56.5 Å². The highest BCUT2D eigenvalue weighted by molar-refractivity contribution is 5.77. The van der Waals surface area contributed by atoms with Crippen LogP contribution in [0.3, 0.4) is 0 Å². The molecule has 0 bridgehead atoms. The highest BCUT2D eigenvalue weighted by atomic mass is 19.4. The minimum atomic E-state index is -5.13. The minimum Gasteiger partial charge on any atom is -0.378 e. The number of aromatic amines is 1. The number of amides is 1. The number of nitrogens with one attached hydrogen (secondary N) is 2. The average molecular weight is 724 g/mol. The Balaban J connectivity index is 1.34. The number of pyridine rings is 2. The Morgan fingerprint density at radius 2 is 1.85 bits per heavy atom. The summed E-state index contributed by atoms with van der Waals surface area (Å²) in [7, 11) is 0. The molecule has 1 amide bonds. The Bertz CT molecular complexity index is 2450. The monoisotopic (exact) mass is 723 g/mol. The van der Waals surface area contributed by atoms with Crippen LogP contribution in [0.25, 0.3) is 16.8 Å². The van der Waals surface area contributed by atoms with Crippen molar-refractivity contribution >= 4 is 11.6 Å². The third-order valence-corrected chi connectivity index (χ3v) is 8.47. The molecular weight excluding hydrogens is 699 g/mol. The van der Waals surface area contributed by atoms with Crippen molar-refractivity contribution in [1.82, 2.24) is 34.7 Å². The van der Waals surface area contributed by atoms with E-state index < -0.39 is 82.3 Å². The van der Waals surface area contributed by atoms with Crippen LogP contribution in [0.2, 0.25) is 0 Å². The average Bonchev–Trinajstić information content (AvgIpc) is 3.62. The second-order valence-corrected chi connectivity index (χ2v) is 12.8. The van der Waals surface area contributed by atoms with Gasteiger partial charge in [-0.1, -0.05) is 17.8 Å². The molecule has 266 valence electrons. The van der Waals surface area contributed by atoms with Gasteiger partial charge in [0.15, 0.2) is 11.3 Å². The molecule has 10 nitrogen and oxygen atoms in total. The Morgan fingerprint density at radius 1 is 1.12 bits per heavy atom. The molecule has 52 heavy (non-hydrogen) atoms. The van der Waals surface area contributed by atoms with Crippen LogP contribution in [0.4, 0.5) is 30.7 Å². The molecule has 0 fully saturated rings. The van der Waals surface area contributed by atoms with Crippen LogP contribution < -0.4 is 11.0 Å². The normalized spacial score (nSPS) is 17.7.